The van der Waals surface area contributed by atoms with E-state index in [0.29, 0.717) is 11.3 Å². The minimum absolute atomic E-state index is 0.138. The van der Waals surface area contributed by atoms with Crippen molar-refractivity contribution in [2.24, 2.45) is 0 Å². The number of ether oxygens (including phenoxy) is 1. The summed E-state index contributed by atoms with van der Waals surface area (Å²) in [4.78, 5) is 23.9. The highest BCUT2D eigenvalue weighted by atomic mass is 32.2. The molecule has 0 saturated carbocycles. The number of piperazine rings is 1. The third-order valence-electron chi connectivity index (χ3n) is 3.89. The third kappa shape index (κ3) is 3.85. The normalized spacial score (nSPS) is 16.0. The Morgan fingerprint density at radius 1 is 1.21 bits per heavy atom. The molecule has 1 amide bonds. The number of carboxylic acids is 1. The fraction of sp³-hybridized carbons (Fsp3) is 0.467. The lowest BCUT2D eigenvalue weighted by atomic mass is 10.2. The zero-order valence-corrected chi connectivity index (χ0v) is 14.4. The second-order valence-corrected chi connectivity index (χ2v) is 7.39. The smallest absolute Gasteiger partial charge is 0.312 e. The Labute approximate surface area is 140 Å². The van der Waals surface area contributed by atoms with Crippen LogP contribution in [0.1, 0.15) is 12.0 Å². The Morgan fingerprint density at radius 3 is 2.33 bits per heavy atom. The molecule has 9 heteroatoms. The molecule has 0 aliphatic carbocycles. The summed E-state index contributed by atoms with van der Waals surface area (Å²) in [6, 6.07) is 4.75. The van der Waals surface area contributed by atoms with Crippen molar-refractivity contribution in [1.82, 2.24) is 9.21 Å². The Kier molecular flexibility index (Phi) is 5.45. The highest BCUT2D eigenvalue weighted by molar-refractivity contribution is 7.89. The summed E-state index contributed by atoms with van der Waals surface area (Å²) in [6.07, 6.45) is -0.579. The molecule has 1 saturated heterocycles. The van der Waals surface area contributed by atoms with E-state index in [2.05, 4.69) is 0 Å². The first-order chi connectivity index (χ1) is 11.3. The predicted octanol–water partition coefficient (Wildman–Crippen LogP) is 0.311. The van der Waals surface area contributed by atoms with Gasteiger partial charge in [0.2, 0.25) is 15.9 Å². The zero-order chi connectivity index (χ0) is 17.9. The Morgan fingerprint density at radius 2 is 1.83 bits per heavy atom. The van der Waals surface area contributed by atoms with Gasteiger partial charge in [0, 0.05) is 26.2 Å². The number of hydrogen-bond donors (Lipinski definition) is 1. The number of aliphatic carboxylic acids is 1. The van der Waals surface area contributed by atoms with Crippen molar-refractivity contribution in [1.29, 1.82) is 0 Å². The lowest BCUT2D eigenvalue weighted by Gasteiger charge is -2.34. The fourth-order valence-corrected chi connectivity index (χ4v) is 4.22. The summed E-state index contributed by atoms with van der Waals surface area (Å²) in [5.74, 6) is -1.11. The van der Waals surface area contributed by atoms with Crippen LogP contribution in [0, 0.1) is 6.92 Å². The van der Waals surface area contributed by atoms with Gasteiger partial charge in [-0.25, -0.2) is 8.42 Å². The van der Waals surface area contributed by atoms with Crippen LogP contribution in [0.15, 0.2) is 23.1 Å². The molecule has 1 aromatic carbocycles. The quantitative estimate of drug-likeness (QED) is 0.762. The molecule has 8 nitrogen and oxygen atoms in total. The van der Waals surface area contributed by atoms with Crippen molar-refractivity contribution in [3.63, 3.8) is 0 Å². The average Bonchev–Trinajstić information content (AvgIpc) is 2.53. The molecule has 0 aromatic heterocycles. The van der Waals surface area contributed by atoms with Crippen LogP contribution in [0.2, 0.25) is 0 Å². The molecular weight excluding hydrogens is 336 g/mol. The maximum Gasteiger partial charge on any atom is 0.312 e. The van der Waals surface area contributed by atoms with E-state index in [-0.39, 0.29) is 31.1 Å². The summed E-state index contributed by atoms with van der Waals surface area (Å²) in [6.45, 7) is 2.33. The maximum atomic E-state index is 12.7. The van der Waals surface area contributed by atoms with Gasteiger partial charge < -0.3 is 14.7 Å². The highest BCUT2D eigenvalue weighted by Crippen LogP contribution is 2.24. The number of rotatable bonds is 5. The summed E-state index contributed by atoms with van der Waals surface area (Å²) in [7, 11) is -2.16. The molecule has 0 unspecified atom stereocenters. The van der Waals surface area contributed by atoms with E-state index >= 15 is 0 Å². The van der Waals surface area contributed by atoms with Gasteiger partial charge in [0.15, 0.2) is 0 Å². The lowest BCUT2D eigenvalue weighted by Crippen LogP contribution is -2.50. The first kappa shape index (κ1) is 18.2. The van der Waals surface area contributed by atoms with Crippen molar-refractivity contribution in [3.8, 4) is 5.75 Å². The van der Waals surface area contributed by atoms with E-state index in [1.54, 1.807) is 19.1 Å². The van der Waals surface area contributed by atoms with E-state index in [1.165, 1.54) is 22.4 Å². The molecule has 1 aromatic rings. The number of sulfonamides is 1. The molecule has 1 fully saturated rings. The van der Waals surface area contributed by atoms with Crippen LogP contribution in [0.3, 0.4) is 0 Å². The number of carbonyl (C=O) groups excluding carboxylic acids is 1. The largest absolute Gasteiger partial charge is 0.497 e. The highest BCUT2D eigenvalue weighted by Gasteiger charge is 2.31. The summed E-state index contributed by atoms with van der Waals surface area (Å²) in [5, 5.41) is 8.65. The van der Waals surface area contributed by atoms with Crippen molar-refractivity contribution >= 4 is 21.9 Å². The van der Waals surface area contributed by atoms with Gasteiger partial charge in [0.1, 0.15) is 12.2 Å². The van der Waals surface area contributed by atoms with Crippen LogP contribution >= 0.6 is 0 Å². The van der Waals surface area contributed by atoms with Gasteiger partial charge in [-0.3, -0.25) is 9.59 Å². The molecule has 0 radical (unpaired) electrons. The summed E-state index contributed by atoms with van der Waals surface area (Å²) < 4.78 is 31.9. The van der Waals surface area contributed by atoms with Crippen LogP contribution in [-0.2, 0) is 19.6 Å². The maximum absolute atomic E-state index is 12.7. The number of methoxy groups -OCH3 is 1. The van der Waals surface area contributed by atoms with E-state index < -0.39 is 28.3 Å². The van der Waals surface area contributed by atoms with Crippen LogP contribution in [-0.4, -0.2) is 67.9 Å². The van der Waals surface area contributed by atoms with Crippen LogP contribution in [0.5, 0.6) is 5.75 Å². The van der Waals surface area contributed by atoms with Gasteiger partial charge in [0.25, 0.3) is 0 Å². The molecular formula is C15H20N2O6S. The molecule has 0 spiro atoms. The zero-order valence-electron chi connectivity index (χ0n) is 13.6. The van der Waals surface area contributed by atoms with Gasteiger partial charge in [0.05, 0.1) is 12.0 Å². The molecule has 24 heavy (non-hydrogen) atoms. The minimum Gasteiger partial charge on any atom is -0.497 e. The SMILES string of the molecule is COc1ccc(S(=O)(=O)N2CCN(C(=O)CC(=O)O)CC2)c(C)c1. The molecule has 0 bridgehead atoms. The lowest BCUT2D eigenvalue weighted by molar-refractivity contribution is -0.144. The number of amides is 1. The minimum atomic E-state index is -3.67. The Hall–Kier alpha value is -2.13. The molecule has 1 aliphatic heterocycles. The average molecular weight is 356 g/mol. The first-order valence-electron chi connectivity index (χ1n) is 7.40. The Bertz CT molecular complexity index is 738. The van der Waals surface area contributed by atoms with Gasteiger partial charge in [-0.15, -0.1) is 0 Å². The molecule has 1 N–H and O–H groups in total. The number of hydrogen-bond acceptors (Lipinski definition) is 5. The number of aryl methyl sites for hydroxylation is 1. The van der Waals surface area contributed by atoms with Gasteiger partial charge in [-0.1, -0.05) is 0 Å². The molecule has 2 rings (SSSR count). The molecule has 132 valence electrons. The topological polar surface area (TPSA) is 104 Å². The second-order valence-electron chi connectivity index (χ2n) is 5.49. The van der Waals surface area contributed by atoms with E-state index in [4.69, 9.17) is 9.84 Å². The van der Waals surface area contributed by atoms with Crippen LogP contribution in [0.25, 0.3) is 0 Å². The van der Waals surface area contributed by atoms with Gasteiger partial charge >= 0.3 is 5.97 Å². The number of carbonyl (C=O) groups is 2. The fourth-order valence-electron chi connectivity index (χ4n) is 2.60. The van der Waals surface area contributed by atoms with E-state index in [1.807, 2.05) is 0 Å². The van der Waals surface area contributed by atoms with Gasteiger partial charge in [-0.05, 0) is 30.7 Å². The van der Waals surface area contributed by atoms with Crippen molar-refractivity contribution < 1.29 is 27.9 Å². The monoisotopic (exact) mass is 356 g/mol. The van der Waals surface area contributed by atoms with Crippen molar-refractivity contribution in [2.75, 3.05) is 33.3 Å². The van der Waals surface area contributed by atoms with Crippen molar-refractivity contribution in [2.45, 2.75) is 18.2 Å². The summed E-state index contributed by atoms with van der Waals surface area (Å²) >= 11 is 0. The van der Waals surface area contributed by atoms with Crippen LogP contribution < -0.4 is 4.74 Å². The first-order valence-corrected chi connectivity index (χ1v) is 8.84. The molecule has 0 atom stereocenters. The van der Waals surface area contributed by atoms with E-state index in [9.17, 15) is 18.0 Å². The standard InChI is InChI=1S/C15H20N2O6S/c1-11-9-12(23-2)3-4-13(11)24(21,22)17-7-5-16(6-8-17)14(18)10-15(19)20/h3-4,9H,5-8,10H2,1-2H3,(H,19,20). The Balaban J connectivity index is 2.10. The van der Waals surface area contributed by atoms with Gasteiger partial charge in [-0.2, -0.15) is 4.31 Å². The second kappa shape index (κ2) is 7.18. The molecule has 1 heterocycles. The van der Waals surface area contributed by atoms with Crippen LogP contribution in [0.4, 0.5) is 0 Å². The summed E-state index contributed by atoms with van der Waals surface area (Å²) in [5.41, 5.74) is 0.582. The predicted molar refractivity (Wildman–Crippen MR) is 85.3 cm³/mol. The third-order valence-corrected chi connectivity index (χ3v) is 5.95. The number of benzene rings is 1. The van der Waals surface area contributed by atoms with E-state index in [0.717, 1.165) is 0 Å². The number of nitrogens with zero attached hydrogens (tertiary/aromatic N) is 2. The number of carboxylic acid groups (broad SMARTS) is 1. The molecule has 1 aliphatic rings. The van der Waals surface area contributed by atoms with Crippen molar-refractivity contribution in [3.05, 3.63) is 23.8 Å².